The summed E-state index contributed by atoms with van der Waals surface area (Å²) in [7, 11) is -3.97. The molecule has 9 heteroatoms. The SMILES string of the molecule is O=C(NCCc1ccccc1F)c1ccc(NS(=O)(=O)c2ccc(F)c(Cl)c2)cc1. The molecule has 0 saturated carbocycles. The molecule has 0 radical (unpaired) electrons. The number of hydrogen-bond acceptors (Lipinski definition) is 3. The van der Waals surface area contributed by atoms with Gasteiger partial charge in [-0.1, -0.05) is 29.8 Å². The van der Waals surface area contributed by atoms with Gasteiger partial charge in [0.15, 0.2) is 0 Å². The summed E-state index contributed by atoms with van der Waals surface area (Å²) in [5.41, 5.74) is 1.04. The molecule has 3 rings (SSSR count). The maximum Gasteiger partial charge on any atom is 0.261 e. The monoisotopic (exact) mass is 450 g/mol. The van der Waals surface area contributed by atoms with Crippen molar-refractivity contribution in [1.82, 2.24) is 5.32 Å². The molecule has 0 bridgehead atoms. The van der Waals surface area contributed by atoms with E-state index < -0.39 is 15.8 Å². The first-order chi connectivity index (χ1) is 14.3. The lowest BCUT2D eigenvalue weighted by atomic mass is 10.1. The Balaban J connectivity index is 1.60. The molecule has 0 atom stereocenters. The molecular weight excluding hydrogens is 434 g/mol. The van der Waals surface area contributed by atoms with Gasteiger partial charge in [-0.3, -0.25) is 9.52 Å². The molecule has 30 heavy (non-hydrogen) atoms. The second-order valence-corrected chi connectivity index (χ2v) is 8.45. The molecule has 0 unspecified atom stereocenters. The van der Waals surface area contributed by atoms with Crippen LogP contribution in [0.4, 0.5) is 14.5 Å². The van der Waals surface area contributed by atoms with E-state index in [1.54, 1.807) is 18.2 Å². The Hall–Kier alpha value is -2.97. The molecule has 3 aromatic rings. The maximum atomic E-state index is 13.6. The van der Waals surface area contributed by atoms with Crippen molar-refractivity contribution in [3.8, 4) is 0 Å². The quantitative estimate of drug-likeness (QED) is 0.560. The summed E-state index contributed by atoms with van der Waals surface area (Å²) in [5, 5.41) is 2.38. The molecule has 5 nitrogen and oxygen atoms in total. The van der Waals surface area contributed by atoms with Gasteiger partial charge in [-0.05, 0) is 60.5 Å². The van der Waals surface area contributed by atoms with Crippen molar-refractivity contribution < 1.29 is 22.0 Å². The average Bonchev–Trinajstić information content (AvgIpc) is 2.71. The van der Waals surface area contributed by atoms with E-state index in [2.05, 4.69) is 10.0 Å². The van der Waals surface area contributed by atoms with E-state index in [1.165, 1.54) is 30.3 Å². The minimum atomic E-state index is -3.97. The van der Waals surface area contributed by atoms with Gasteiger partial charge in [0.2, 0.25) is 0 Å². The highest BCUT2D eigenvalue weighted by molar-refractivity contribution is 7.92. The average molecular weight is 451 g/mol. The van der Waals surface area contributed by atoms with Crippen LogP contribution in [0, 0.1) is 11.6 Å². The molecule has 0 saturated heterocycles. The van der Waals surface area contributed by atoms with E-state index >= 15 is 0 Å². The summed E-state index contributed by atoms with van der Waals surface area (Å²) in [4.78, 5) is 12.0. The minimum Gasteiger partial charge on any atom is -0.352 e. The lowest BCUT2D eigenvalue weighted by molar-refractivity contribution is 0.0954. The number of anilines is 1. The fourth-order valence-corrected chi connectivity index (χ4v) is 3.99. The summed E-state index contributed by atoms with van der Waals surface area (Å²) in [5.74, 6) is -1.42. The van der Waals surface area contributed by atoms with Gasteiger partial charge >= 0.3 is 0 Å². The van der Waals surface area contributed by atoms with E-state index in [9.17, 15) is 22.0 Å². The zero-order valence-corrected chi connectivity index (χ0v) is 17.1. The zero-order valence-electron chi connectivity index (χ0n) is 15.5. The molecule has 0 aliphatic rings. The minimum absolute atomic E-state index is 0.191. The first kappa shape index (κ1) is 21.7. The summed E-state index contributed by atoms with van der Waals surface area (Å²) >= 11 is 5.64. The van der Waals surface area contributed by atoms with Crippen molar-refractivity contribution in [3.63, 3.8) is 0 Å². The molecule has 0 aliphatic heterocycles. The Labute approximate surface area is 177 Å². The molecule has 1 amide bonds. The van der Waals surface area contributed by atoms with E-state index in [1.807, 2.05) is 0 Å². The standard InChI is InChI=1S/C21H17ClF2N2O3S/c22-18-13-17(9-10-20(18)24)30(28,29)26-16-7-5-15(6-8-16)21(27)25-12-11-14-3-1-2-4-19(14)23/h1-10,13,26H,11-12H2,(H,25,27). The van der Waals surface area contributed by atoms with Gasteiger partial charge in [-0.15, -0.1) is 0 Å². The smallest absolute Gasteiger partial charge is 0.261 e. The molecule has 156 valence electrons. The normalized spacial score (nSPS) is 11.2. The van der Waals surface area contributed by atoms with Gasteiger partial charge in [-0.2, -0.15) is 0 Å². The Morgan fingerprint density at radius 3 is 2.30 bits per heavy atom. The summed E-state index contributed by atoms with van der Waals surface area (Å²) in [6.45, 7) is 0.249. The summed E-state index contributed by atoms with van der Waals surface area (Å²) in [6.07, 6.45) is 0.344. The van der Waals surface area contributed by atoms with Crippen molar-refractivity contribution in [2.45, 2.75) is 11.3 Å². The van der Waals surface area contributed by atoms with E-state index in [0.29, 0.717) is 17.5 Å². The number of carbonyl (C=O) groups excluding carboxylic acids is 1. The lowest BCUT2D eigenvalue weighted by Gasteiger charge is -2.10. The Morgan fingerprint density at radius 2 is 1.63 bits per heavy atom. The van der Waals surface area contributed by atoms with Gasteiger partial charge in [0.25, 0.3) is 15.9 Å². The van der Waals surface area contributed by atoms with Crippen LogP contribution in [0.2, 0.25) is 5.02 Å². The van der Waals surface area contributed by atoms with Crippen molar-refractivity contribution in [3.05, 3.63) is 94.5 Å². The number of benzene rings is 3. The third kappa shape index (κ3) is 5.34. The Morgan fingerprint density at radius 1 is 0.933 bits per heavy atom. The highest BCUT2D eigenvalue weighted by Gasteiger charge is 2.16. The van der Waals surface area contributed by atoms with Crippen LogP contribution in [-0.4, -0.2) is 20.9 Å². The third-order valence-electron chi connectivity index (χ3n) is 4.24. The molecule has 0 heterocycles. The van der Waals surface area contributed by atoms with Gasteiger partial charge in [-0.25, -0.2) is 17.2 Å². The lowest BCUT2D eigenvalue weighted by Crippen LogP contribution is -2.25. The fourth-order valence-electron chi connectivity index (χ4n) is 2.66. The second-order valence-electron chi connectivity index (χ2n) is 6.36. The molecule has 0 spiro atoms. The number of sulfonamides is 1. The Kier molecular flexibility index (Phi) is 6.69. The van der Waals surface area contributed by atoms with Crippen molar-refractivity contribution in [2.24, 2.45) is 0 Å². The highest BCUT2D eigenvalue weighted by atomic mass is 35.5. The highest BCUT2D eigenvalue weighted by Crippen LogP contribution is 2.22. The third-order valence-corrected chi connectivity index (χ3v) is 5.91. The van der Waals surface area contributed by atoms with Crippen molar-refractivity contribution >= 4 is 33.2 Å². The maximum absolute atomic E-state index is 13.6. The van der Waals surface area contributed by atoms with Gasteiger partial charge in [0.1, 0.15) is 11.6 Å². The second kappa shape index (κ2) is 9.23. The van der Waals surface area contributed by atoms with Crippen molar-refractivity contribution in [2.75, 3.05) is 11.3 Å². The van der Waals surface area contributed by atoms with Crippen LogP contribution in [0.1, 0.15) is 15.9 Å². The zero-order chi connectivity index (χ0) is 21.7. The van der Waals surface area contributed by atoms with Crippen LogP contribution in [0.5, 0.6) is 0 Å². The first-order valence-electron chi connectivity index (χ1n) is 8.86. The van der Waals surface area contributed by atoms with Crippen LogP contribution in [0.15, 0.2) is 71.6 Å². The van der Waals surface area contributed by atoms with Crippen LogP contribution in [-0.2, 0) is 16.4 Å². The predicted molar refractivity (Wildman–Crippen MR) is 111 cm³/mol. The molecule has 0 fully saturated rings. The molecule has 2 N–H and O–H groups in total. The Bertz CT molecular complexity index is 1170. The molecule has 3 aromatic carbocycles. The van der Waals surface area contributed by atoms with Gasteiger partial charge in [0, 0.05) is 17.8 Å². The molecular formula is C21H17ClF2N2O3S. The van der Waals surface area contributed by atoms with Gasteiger partial charge in [0.05, 0.1) is 9.92 Å². The number of rotatable bonds is 7. The van der Waals surface area contributed by atoms with Crippen LogP contribution < -0.4 is 10.0 Å². The topological polar surface area (TPSA) is 75.3 Å². The summed E-state index contributed by atoms with van der Waals surface area (Å²) < 4.78 is 53.9. The van der Waals surface area contributed by atoms with E-state index in [4.69, 9.17) is 11.6 Å². The van der Waals surface area contributed by atoms with Crippen molar-refractivity contribution in [1.29, 1.82) is 0 Å². The van der Waals surface area contributed by atoms with Crippen LogP contribution >= 0.6 is 11.6 Å². The summed E-state index contributed by atoms with van der Waals surface area (Å²) in [6, 6.07) is 15.2. The van der Waals surface area contributed by atoms with E-state index in [-0.39, 0.29) is 33.9 Å². The fraction of sp³-hybridized carbons (Fsp3) is 0.0952. The number of hydrogen-bond donors (Lipinski definition) is 2. The predicted octanol–water partition coefficient (Wildman–Crippen LogP) is 4.39. The van der Waals surface area contributed by atoms with E-state index in [0.717, 1.165) is 18.2 Å². The van der Waals surface area contributed by atoms with Crippen LogP contribution in [0.3, 0.4) is 0 Å². The van der Waals surface area contributed by atoms with Crippen LogP contribution in [0.25, 0.3) is 0 Å². The number of nitrogens with one attached hydrogen (secondary N) is 2. The first-order valence-corrected chi connectivity index (χ1v) is 10.7. The molecule has 0 aromatic heterocycles. The number of halogens is 3. The molecule has 0 aliphatic carbocycles. The number of amides is 1. The van der Waals surface area contributed by atoms with Gasteiger partial charge < -0.3 is 5.32 Å². The largest absolute Gasteiger partial charge is 0.352 e. The number of carbonyl (C=O) groups is 1.